The predicted octanol–water partition coefficient (Wildman–Crippen LogP) is 2.46. The maximum Gasteiger partial charge on any atom is 0.201 e. The van der Waals surface area contributed by atoms with Gasteiger partial charge >= 0.3 is 0 Å². The Morgan fingerprint density at radius 3 is 2.74 bits per heavy atom. The van der Waals surface area contributed by atoms with E-state index in [1.807, 2.05) is 13.8 Å². The molecule has 7 atom stereocenters. The summed E-state index contributed by atoms with van der Waals surface area (Å²) >= 11 is 0. The van der Waals surface area contributed by atoms with Crippen molar-refractivity contribution in [1.82, 2.24) is 0 Å². The lowest BCUT2D eigenvalue weighted by atomic mass is 9.58. The van der Waals surface area contributed by atoms with E-state index >= 15 is 0 Å². The lowest BCUT2D eigenvalue weighted by molar-refractivity contribution is -0.577. The Kier molecular flexibility index (Phi) is 3.80. The Morgan fingerprint density at radius 2 is 2.00 bits per heavy atom. The third-order valence-electron chi connectivity index (χ3n) is 6.53. The fourth-order valence-corrected chi connectivity index (χ4v) is 5.22. The van der Waals surface area contributed by atoms with Crippen molar-refractivity contribution < 1.29 is 24.0 Å². The fraction of sp³-hybridized carbons (Fsp3) is 1.00. The molecule has 23 heavy (non-hydrogen) atoms. The van der Waals surface area contributed by atoms with E-state index in [1.165, 1.54) is 0 Å². The topological polar surface area (TPSA) is 72.2 Å². The Bertz CT molecular complexity index is 476. The average molecular weight is 327 g/mol. The van der Waals surface area contributed by atoms with Crippen LogP contribution in [0.1, 0.15) is 59.3 Å². The lowest BCUT2D eigenvalue weighted by Crippen LogP contribution is -2.77. The summed E-state index contributed by atoms with van der Waals surface area (Å²) in [4.78, 5) is 11.8. The van der Waals surface area contributed by atoms with Crippen molar-refractivity contribution in [3.05, 3.63) is 0 Å². The van der Waals surface area contributed by atoms with Gasteiger partial charge in [0.1, 0.15) is 0 Å². The Labute approximate surface area is 137 Å². The normalized spacial score (nSPS) is 55.3. The van der Waals surface area contributed by atoms with Gasteiger partial charge < -0.3 is 19.9 Å². The molecule has 0 aromatic rings. The number of hydrogen-bond acceptors (Lipinski definition) is 6. The maximum absolute atomic E-state index is 6.87. The predicted molar refractivity (Wildman–Crippen MR) is 82.0 cm³/mol. The molecule has 1 saturated carbocycles. The summed E-state index contributed by atoms with van der Waals surface area (Å²) in [7, 11) is 0. The van der Waals surface area contributed by atoms with Crippen molar-refractivity contribution in [3.8, 4) is 0 Å². The van der Waals surface area contributed by atoms with E-state index in [4.69, 9.17) is 29.7 Å². The van der Waals surface area contributed by atoms with Crippen LogP contribution in [0.25, 0.3) is 0 Å². The molecule has 5 aliphatic rings. The van der Waals surface area contributed by atoms with E-state index in [0.29, 0.717) is 12.5 Å². The number of hydrogen-bond donors (Lipinski definition) is 1. The summed E-state index contributed by atoms with van der Waals surface area (Å²) in [6.45, 7) is 6.55. The van der Waals surface area contributed by atoms with Gasteiger partial charge in [-0.05, 0) is 45.4 Å². The highest BCUT2D eigenvalue weighted by molar-refractivity contribution is 5.14. The van der Waals surface area contributed by atoms with Gasteiger partial charge in [0.2, 0.25) is 5.79 Å². The molecule has 0 radical (unpaired) electrons. The third-order valence-corrected chi connectivity index (χ3v) is 6.53. The molecule has 2 bridgehead atoms. The molecule has 0 aromatic carbocycles. The van der Waals surface area contributed by atoms with Gasteiger partial charge in [-0.1, -0.05) is 13.3 Å². The van der Waals surface area contributed by atoms with Crippen LogP contribution >= 0.6 is 0 Å². The van der Waals surface area contributed by atoms with E-state index in [-0.39, 0.29) is 5.92 Å². The zero-order chi connectivity index (χ0) is 16.3. The molecule has 2 N–H and O–H groups in total. The van der Waals surface area contributed by atoms with E-state index in [2.05, 4.69) is 6.92 Å². The summed E-state index contributed by atoms with van der Waals surface area (Å²) in [5.74, 6) is -0.278. The Balaban J connectivity index is 1.79. The zero-order valence-corrected chi connectivity index (χ0v) is 14.4. The van der Waals surface area contributed by atoms with Crippen LogP contribution < -0.4 is 5.73 Å². The third kappa shape index (κ3) is 2.09. The number of ether oxygens (including phenoxy) is 3. The second-order valence-corrected chi connectivity index (χ2v) is 7.71. The Morgan fingerprint density at radius 1 is 1.17 bits per heavy atom. The molecule has 6 heteroatoms. The first-order valence-electron chi connectivity index (χ1n) is 9.09. The molecule has 132 valence electrons. The minimum absolute atomic E-state index is 0.108. The molecule has 6 nitrogen and oxygen atoms in total. The van der Waals surface area contributed by atoms with Gasteiger partial charge in [-0.25, -0.2) is 9.78 Å². The van der Waals surface area contributed by atoms with Gasteiger partial charge in [0, 0.05) is 18.9 Å². The molecular formula is C17H29NO5. The quantitative estimate of drug-likeness (QED) is 0.803. The first-order chi connectivity index (χ1) is 11.0. The smallest absolute Gasteiger partial charge is 0.201 e. The zero-order valence-electron chi connectivity index (χ0n) is 14.4. The molecule has 5 fully saturated rings. The first kappa shape index (κ1) is 16.2. The molecule has 5 rings (SSSR count). The average Bonchev–Trinajstić information content (AvgIpc) is 2.77. The Hall–Kier alpha value is -0.240. The van der Waals surface area contributed by atoms with Crippen LogP contribution in [-0.4, -0.2) is 36.1 Å². The minimum atomic E-state index is -0.741. The molecule has 1 spiro atoms. The molecular weight excluding hydrogens is 298 g/mol. The van der Waals surface area contributed by atoms with E-state index in [9.17, 15) is 0 Å². The standard InChI is InChI=1S/C17H29NO5/c1-4-16(18)12-8-6-7-11-9-10-15(3)21-14(17(11,12)23-22-15)20-13(16)19-5-2/h11-14H,4-10,18H2,1-3H3/t11?,12-,13?,14?,15+,16?,17+/m0/s1. The van der Waals surface area contributed by atoms with Gasteiger partial charge in [-0.15, -0.1) is 0 Å². The molecule has 0 aromatic heterocycles. The van der Waals surface area contributed by atoms with Crippen molar-refractivity contribution >= 4 is 0 Å². The van der Waals surface area contributed by atoms with E-state index in [1.54, 1.807) is 0 Å². The van der Waals surface area contributed by atoms with Gasteiger partial charge in [-0.3, -0.25) is 0 Å². The fourth-order valence-electron chi connectivity index (χ4n) is 5.22. The van der Waals surface area contributed by atoms with Crippen molar-refractivity contribution in [2.45, 2.75) is 88.8 Å². The highest BCUT2D eigenvalue weighted by atomic mass is 17.3. The minimum Gasteiger partial charge on any atom is -0.351 e. The molecule has 1 aliphatic carbocycles. The van der Waals surface area contributed by atoms with Crippen LogP contribution in [0.2, 0.25) is 0 Å². The number of fused-ring (bicyclic) bond motifs is 2. The second-order valence-electron chi connectivity index (χ2n) is 7.71. The molecule has 4 saturated heterocycles. The van der Waals surface area contributed by atoms with Gasteiger partial charge in [0.15, 0.2) is 18.2 Å². The molecule has 4 unspecified atom stereocenters. The van der Waals surface area contributed by atoms with Gasteiger partial charge in [0.25, 0.3) is 0 Å². The van der Waals surface area contributed by atoms with Crippen LogP contribution in [0.3, 0.4) is 0 Å². The SMILES string of the molecule is CCOC1OC2O[C@@]3(C)CCC4CCC[C@@H](C1(N)CC)[C@]42OO3. The van der Waals surface area contributed by atoms with Crippen molar-refractivity contribution in [2.24, 2.45) is 17.6 Å². The monoisotopic (exact) mass is 327 g/mol. The van der Waals surface area contributed by atoms with Crippen LogP contribution in [0, 0.1) is 11.8 Å². The van der Waals surface area contributed by atoms with Crippen LogP contribution in [0.15, 0.2) is 0 Å². The molecule has 4 heterocycles. The van der Waals surface area contributed by atoms with Crippen molar-refractivity contribution in [3.63, 3.8) is 0 Å². The van der Waals surface area contributed by atoms with Crippen molar-refractivity contribution in [2.75, 3.05) is 6.61 Å². The van der Waals surface area contributed by atoms with E-state index < -0.39 is 29.5 Å². The highest BCUT2D eigenvalue weighted by Crippen LogP contribution is 2.60. The molecule has 4 aliphatic heterocycles. The van der Waals surface area contributed by atoms with Crippen molar-refractivity contribution in [1.29, 1.82) is 0 Å². The van der Waals surface area contributed by atoms with E-state index in [0.717, 1.165) is 38.5 Å². The summed E-state index contributed by atoms with van der Waals surface area (Å²) in [6, 6.07) is 0. The summed E-state index contributed by atoms with van der Waals surface area (Å²) < 4.78 is 18.4. The van der Waals surface area contributed by atoms with Gasteiger partial charge in [-0.2, -0.15) is 0 Å². The second kappa shape index (κ2) is 5.38. The largest absolute Gasteiger partial charge is 0.351 e. The summed E-state index contributed by atoms with van der Waals surface area (Å²) in [5, 5.41) is 0. The summed E-state index contributed by atoms with van der Waals surface area (Å²) in [6.07, 6.45) is 4.92. The van der Waals surface area contributed by atoms with Crippen LogP contribution in [-0.2, 0) is 24.0 Å². The van der Waals surface area contributed by atoms with Crippen LogP contribution in [0.5, 0.6) is 0 Å². The number of nitrogens with two attached hydrogens (primary N) is 1. The maximum atomic E-state index is 6.87. The van der Waals surface area contributed by atoms with Gasteiger partial charge in [0.05, 0.1) is 5.54 Å². The molecule has 0 amide bonds. The van der Waals surface area contributed by atoms with Crippen LogP contribution in [0.4, 0.5) is 0 Å². The summed E-state index contributed by atoms with van der Waals surface area (Å²) in [5.41, 5.74) is 5.68. The first-order valence-corrected chi connectivity index (χ1v) is 9.09. The lowest BCUT2D eigenvalue weighted by Gasteiger charge is -2.62. The highest BCUT2D eigenvalue weighted by Gasteiger charge is 2.71. The number of rotatable bonds is 3.